The van der Waals surface area contributed by atoms with E-state index in [2.05, 4.69) is 20.6 Å². The van der Waals surface area contributed by atoms with Crippen LogP contribution in [-0.4, -0.2) is 25.6 Å². The molecule has 24 heavy (non-hydrogen) atoms. The molecule has 5 nitrogen and oxygen atoms in total. The maximum absolute atomic E-state index is 11.6. The van der Waals surface area contributed by atoms with Gasteiger partial charge in [0.25, 0.3) is 0 Å². The van der Waals surface area contributed by atoms with Gasteiger partial charge in [0, 0.05) is 29.9 Å². The number of fused-ring (bicyclic) bond motifs is 3. The molecule has 3 aromatic rings. The van der Waals surface area contributed by atoms with Crippen molar-refractivity contribution in [2.24, 2.45) is 7.05 Å². The number of hydrogen-bond acceptors (Lipinski definition) is 3. The van der Waals surface area contributed by atoms with Gasteiger partial charge in [-0.05, 0) is 37.5 Å². The Morgan fingerprint density at radius 1 is 1.21 bits per heavy atom. The average molecular weight is 323 g/mol. The minimum atomic E-state index is -0.966. The standard InChI is InChI=1S/C19H21N3O2/c1-11-8-14-13-9-15(19(23)24)21-16(12-6-4-3-5-7-12)17(13)22(2)18(14)20-10-11/h8-10,12H,3-7H2,1-2H3,(H,23,24). The molecular weight excluding hydrogens is 302 g/mol. The van der Waals surface area contributed by atoms with Crippen LogP contribution in [0, 0.1) is 6.92 Å². The zero-order valence-electron chi connectivity index (χ0n) is 14.0. The second kappa shape index (κ2) is 5.58. The molecule has 0 amide bonds. The van der Waals surface area contributed by atoms with Gasteiger partial charge >= 0.3 is 5.97 Å². The monoisotopic (exact) mass is 323 g/mol. The lowest BCUT2D eigenvalue weighted by Crippen LogP contribution is -2.11. The Hall–Kier alpha value is -2.43. The molecule has 124 valence electrons. The summed E-state index contributed by atoms with van der Waals surface area (Å²) in [5.74, 6) is -0.628. The van der Waals surface area contributed by atoms with Crippen LogP contribution in [0.2, 0.25) is 0 Å². The second-order valence-electron chi connectivity index (χ2n) is 6.87. The Bertz CT molecular complexity index is 952. The highest BCUT2D eigenvalue weighted by Crippen LogP contribution is 2.38. The van der Waals surface area contributed by atoms with E-state index in [9.17, 15) is 9.90 Å². The summed E-state index contributed by atoms with van der Waals surface area (Å²) in [6.45, 7) is 2.01. The summed E-state index contributed by atoms with van der Waals surface area (Å²) in [5.41, 5.74) is 4.07. The molecule has 1 aliphatic rings. The van der Waals surface area contributed by atoms with Crippen LogP contribution in [0.1, 0.15) is 59.8 Å². The molecule has 0 aromatic carbocycles. The summed E-state index contributed by atoms with van der Waals surface area (Å²) in [6, 6.07) is 3.79. The van der Waals surface area contributed by atoms with E-state index in [0.717, 1.165) is 46.0 Å². The van der Waals surface area contributed by atoms with Crippen molar-refractivity contribution in [3.8, 4) is 0 Å². The number of nitrogens with zero attached hydrogens (tertiary/aromatic N) is 3. The SMILES string of the molecule is Cc1cnc2c(c1)c1cc(C(=O)O)nc(C3CCCCC3)c1n2C. The van der Waals surface area contributed by atoms with E-state index in [0.29, 0.717) is 5.92 Å². The largest absolute Gasteiger partial charge is 0.477 e. The van der Waals surface area contributed by atoms with Gasteiger partial charge in [0.2, 0.25) is 0 Å². The van der Waals surface area contributed by atoms with E-state index in [1.807, 2.05) is 20.2 Å². The van der Waals surface area contributed by atoms with Crippen LogP contribution in [0.15, 0.2) is 18.3 Å². The maximum Gasteiger partial charge on any atom is 0.354 e. The van der Waals surface area contributed by atoms with E-state index in [1.165, 1.54) is 19.3 Å². The predicted octanol–water partition coefficient (Wildman–Crippen LogP) is 4.18. The van der Waals surface area contributed by atoms with Gasteiger partial charge in [-0.15, -0.1) is 0 Å². The molecule has 1 aliphatic carbocycles. The van der Waals surface area contributed by atoms with Gasteiger partial charge in [-0.3, -0.25) is 0 Å². The van der Waals surface area contributed by atoms with Gasteiger partial charge in [0.15, 0.2) is 0 Å². The summed E-state index contributed by atoms with van der Waals surface area (Å²) in [4.78, 5) is 20.7. The fourth-order valence-electron chi connectivity index (χ4n) is 4.02. The Balaban J connectivity index is 2.09. The Labute approximate surface area is 140 Å². The molecule has 1 saturated carbocycles. The summed E-state index contributed by atoms with van der Waals surface area (Å²) < 4.78 is 2.08. The normalized spacial score (nSPS) is 16.1. The van der Waals surface area contributed by atoms with Crippen molar-refractivity contribution in [1.29, 1.82) is 0 Å². The molecule has 1 N–H and O–H groups in total. The molecule has 5 heteroatoms. The fraction of sp³-hybridized carbons (Fsp3) is 0.421. The summed E-state index contributed by atoms with van der Waals surface area (Å²) in [7, 11) is 2.00. The number of hydrogen-bond donors (Lipinski definition) is 1. The van der Waals surface area contributed by atoms with Crippen LogP contribution in [0.5, 0.6) is 0 Å². The van der Waals surface area contributed by atoms with Crippen molar-refractivity contribution in [3.05, 3.63) is 35.3 Å². The van der Waals surface area contributed by atoms with Gasteiger partial charge in [-0.2, -0.15) is 0 Å². The second-order valence-corrected chi connectivity index (χ2v) is 6.87. The van der Waals surface area contributed by atoms with Crippen molar-refractivity contribution < 1.29 is 9.90 Å². The number of rotatable bonds is 2. The lowest BCUT2D eigenvalue weighted by atomic mass is 9.86. The zero-order chi connectivity index (χ0) is 16.8. The fourth-order valence-corrected chi connectivity index (χ4v) is 4.02. The summed E-state index contributed by atoms with van der Waals surface area (Å²) >= 11 is 0. The first kappa shape index (κ1) is 15.1. The topological polar surface area (TPSA) is 68.0 Å². The molecule has 0 spiro atoms. The van der Waals surface area contributed by atoms with Gasteiger partial charge < -0.3 is 9.67 Å². The van der Waals surface area contributed by atoms with Crippen molar-refractivity contribution in [3.63, 3.8) is 0 Å². The minimum absolute atomic E-state index is 0.136. The van der Waals surface area contributed by atoms with E-state index in [4.69, 9.17) is 0 Å². The van der Waals surface area contributed by atoms with Gasteiger partial charge in [-0.25, -0.2) is 14.8 Å². The number of aromatic nitrogens is 3. The van der Waals surface area contributed by atoms with Crippen LogP contribution >= 0.6 is 0 Å². The molecule has 0 unspecified atom stereocenters. The highest BCUT2D eigenvalue weighted by atomic mass is 16.4. The third-order valence-corrected chi connectivity index (χ3v) is 5.18. The zero-order valence-corrected chi connectivity index (χ0v) is 14.0. The smallest absolute Gasteiger partial charge is 0.354 e. The molecule has 3 aromatic heterocycles. The van der Waals surface area contributed by atoms with E-state index in [1.54, 1.807) is 6.07 Å². The first-order chi connectivity index (χ1) is 11.6. The molecule has 0 atom stereocenters. The molecular formula is C19H21N3O2. The van der Waals surface area contributed by atoms with Gasteiger partial charge in [0.05, 0.1) is 11.2 Å². The summed E-state index contributed by atoms with van der Waals surface area (Å²) in [6.07, 6.45) is 7.65. The highest BCUT2D eigenvalue weighted by molar-refractivity contribution is 6.09. The van der Waals surface area contributed by atoms with E-state index in [-0.39, 0.29) is 5.69 Å². The first-order valence-electron chi connectivity index (χ1n) is 8.55. The molecule has 4 rings (SSSR count). The van der Waals surface area contributed by atoms with Crippen LogP contribution in [0.25, 0.3) is 21.9 Å². The Kier molecular flexibility index (Phi) is 3.52. The highest BCUT2D eigenvalue weighted by Gasteiger charge is 2.25. The molecule has 3 heterocycles. The lowest BCUT2D eigenvalue weighted by Gasteiger charge is -2.22. The van der Waals surface area contributed by atoms with E-state index >= 15 is 0 Å². The van der Waals surface area contributed by atoms with Crippen molar-refractivity contribution in [2.75, 3.05) is 0 Å². The Morgan fingerprint density at radius 2 is 1.96 bits per heavy atom. The van der Waals surface area contributed by atoms with Crippen LogP contribution in [0.4, 0.5) is 0 Å². The summed E-state index contributed by atoms with van der Waals surface area (Å²) in [5, 5.41) is 11.5. The lowest BCUT2D eigenvalue weighted by molar-refractivity contribution is 0.0690. The van der Waals surface area contributed by atoms with Crippen LogP contribution in [-0.2, 0) is 7.05 Å². The number of carboxylic acid groups (broad SMARTS) is 1. The number of carboxylic acids is 1. The number of pyridine rings is 2. The number of aromatic carboxylic acids is 1. The molecule has 0 radical (unpaired) electrons. The van der Waals surface area contributed by atoms with Crippen LogP contribution < -0.4 is 0 Å². The third kappa shape index (κ3) is 2.27. The Morgan fingerprint density at radius 3 is 2.67 bits per heavy atom. The number of aryl methyl sites for hydroxylation is 2. The van der Waals surface area contributed by atoms with Gasteiger partial charge in [-0.1, -0.05) is 19.3 Å². The van der Waals surface area contributed by atoms with Crippen LogP contribution in [0.3, 0.4) is 0 Å². The van der Waals surface area contributed by atoms with E-state index < -0.39 is 5.97 Å². The van der Waals surface area contributed by atoms with Gasteiger partial charge in [0.1, 0.15) is 11.3 Å². The third-order valence-electron chi connectivity index (χ3n) is 5.18. The van der Waals surface area contributed by atoms with Crippen molar-refractivity contribution >= 4 is 27.9 Å². The molecule has 0 saturated heterocycles. The minimum Gasteiger partial charge on any atom is -0.477 e. The molecule has 0 bridgehead atoms. The maximum atomic E-state index is 11.6. The quantitative estimate of drug-likeness (QED) is 0.768. The average Bonchev–Trinajstić information content (AvgIpc) is 2.87. The first-order valence-corrected chi connectivity index (χ1v) is 8.55. The molecule has 0 aliphatic heterocycles. The van der Waals surface area contributed by atoms with Crippen molar-refractivity contribution in [2.45, 2.75) is 44.9 Å². The molecule has 1 fully saturated rings. The number of carbonyl (C=O) groups is 1. The van der Waals surface area contributed by atoms with Crippen molar-refractivity contribution in [1.82, 2.24) is 14.5 Å². The predicted molar refractivity (Wildman–Crippen MR) is 93.5 cm³/mol.